The number of aryl methyl sites for hydroxylation is 2. The molecule has 1 N–H and O–H groups in total. The van der Waals surface area contributed by atoms with Crippen LogP contribution >= 0.6 is 0 Å². The fraction of sp³-hybridized carbons (Fsp3) is 0.450. The van der Waals surface area contributed by atoms with Crippen LogP contribution in [0.4, 0.5) is 0 Å². The molecule has 0 unspecified atom stereocenters. The summed E-state index contributed by atoms with van der Waals surface area (Å²) in [4.78, 5) is 30.6. The summed E-state index contributed by atoms with van der Waals surface area (Å²) in [6.07, 6.45) is 5.65. The van der Waals surface area contributed by atoms with E-state index in [9.17, 15) is 9.59 Å². The molecule has 0 radical (unpaired) electrons. The smallest absolute Gasteiger partial charge is 0.289 e. The molecule has 1 aromatic heterocycles. The van der Waals surface area contributed by atoms with Crippen LogP contribution in [0.15, 0.2) is 36.7 Å². The molecule has 6 nitrogen and oxygen atoms in total. The van der Waals surface area contributed by atoms with E-state index >= 15 is 0 Å². The second-order valence-electron chi connectivity index (χ2n) is 7.00. The standard InChI is InChI=1S/C20H26N4O2/c1-15-5-3-4-6-17(15)13-18(25)22-14-16-7-10-24(11-8-16)20(26)19-21-9-12-23(19)2/h3-6,9,12,16H,7-8,10-11,13-14H2,1-2H3,(H,22,25). The Balaban J connectivity index is 1.43. The largest absolute Gasteiger partial charge is 0.356 e. The predicted molar refractivity (Wildman–Crippen MR) is 99.7 cm³/mol. The first-order chi connectivity index (χ1) is 12.5. The van der Waals surface area contributed by atoms with E-state index in [4.69, 9.17) is 0 Å². The molecule has 1 aliphatic heterocycles. The number of hydrogen-bond acceptors (Lipinski definition) is 3. The van der Waals surface area contributed by atoms with Crippen molar-refractivity contribution in [3.05, 3.63) is 53.6 Å². The van der Waals surface area contributed by atoms with E-state index in [2.05, 4.69) is 10.3 Å². The zero-order valence-electron chi connectivity index (χ0n) is 15.4. The van der Waals surface area contributed by atoms with Gasteiger partial charge in [0.15, 0.2) is 5.82 Å². The fourth-order valence-electron chi connectivity index (χ4n) is 3.36. The highest BCUT2D eigenvalue weighted by Gasteiger charge is 2.25. The van der Waals surface area contributed by atoms with E-state index in [-0.39, 0.29) is 11.8 Å². The Hall–Kier alpha value is -2.63. The number of nitrogens with zero attached hydrogens (tertiary/aromatic N) is 3. The van der Waals surface area contributed by atoms with Crippen LogP contribution < -0.4 is 5.32 Å². The molecular formula is C20H26N4O2. The summed E-state index contributed by atoms with van der Waals surface area (Å²) >= 11 is 0. The van der Waals surface area contributed by atoms with E-state index < -0.39 is 0 Å². The maximum absolute atomic E-state index is 12.5. The average molecular weight is 354 g/mol. The molecule has 138 valence electrons. The zero-order valence-corrected chi connectivity index (χ0v) is 15.4. The monoisotopic (exact) mass is 354 g/mol. The Morgan fingerprint density at radius 3 is 2.62 bits per heavy atom. The minimum atomic E-state index is -0.0143. The molecule has 0 aliphatic carbocycles. The van der Waals surface area contributed by atoms with Gasteiger partial charge in [-0.15, -0.1) is 0 Å². The van der Waals surface area contributed by atoms with Gasteiger partial charge in [0.05, 0.1) is 6.42 Å². The van der Waals surface area contributed by atoms with Gasteiger partial charge in [-0.05, 0) is 36.8 Å². The number of hydrogen-bond donors (Lipinski definition) is 1. The van der Waals surface area contributed by atoms with Crippen molar-refractivity contribution in [1.82, 2.24) is 19.8 Å². The minimum absolute atomic E-state index is 0.0143. The van der Waals surface area contributed by atoms with Gasteiger partial charge >= 0.3 is 0 Å². The molecule has 1 fully saturated rings. The molecule has 3 rings (SSSR count). The van der Waals surface area contributed by atoms with Crippen LogP contribution in [0.2, 0.25) is 0 Å². The number of aromatic nitrogens is 2. The average Bonchev–Trinajstić information content (AvgIpc) is 3.08. The molecular weight excluding hydrogens is 328 g/mol. The van der Waals surface area contributed by atoms with Gasteiger partial charge in [-0.25, -0.2) is 4.98 Å². The van der Waals surface area contributed by atoms with E-state index in [1.165, 1.54) is 0 Å². The number of benzene rings is 1. The lowest BCUT2D eigenvalue weighted by Crippen LogP contribution is -2.42. The van der Waals surface area contributed by atoms with Crippen molar-refractivity contribution in [1.29, 1.82) is 0 Å². The molecule has 26 heavy (non-hydrogen) atoms. The van der Waals surface area contributed by atoms with Gasteiger partial charge in [0.2, 0.25) is 5.91 Å². The summed E-state index contributed by atoms with van der Waals surface area (Å²) in [5.74, 6) is 0.946. The number of likely N-dealkylation sites (tertiary alicyclic amines) is 1. The van der Waals surface area contributed by atoms with Crippen LogP contribution in [-0.2, 0) is 18.3 Å². The number of rotatable bonds is 5. The number of carbonyl (C=O) groups is 2. The van der Waals surface area contributed by atoms with Crippen molar-refractivity contribution < 1.29 is 9.59 Å². The summed E-state index contributed by atoms with van der Waals surface area (Å²) in [5.41, 5.74) is 2.21. The molecule has 0 spiro atoms. The van der Waals surface area contributed by atoms with Crippen LogP contribution in [0.3, 0.4) is 0 Å². The summed E-state index contributed by atoms with van der Waals surface area (Å²) in [5, 5.41) is 3.05. The van der Waals surface area contributed by atoms with Gasteiger partial charge in [0.25, 0.3) is 5.91 Å². The first-order valence-corrected chi connectivity index (χ1v) is 9.12. The Labute approximate surface area is 154 Å². The van der Waals surface area contributed by atoms with Crippen molar-refractivity contribution >= 4 is 11.8 Å². The third-order valence-electron chi connectivity index (χ3n) is 5.11. The van der Waals surface area contributed by atoms with Crippen LogP contribution in [0.5, 0.6) is 0 Å². The summed E-state index contributed by atoms with van der Waals surface area (Å²) in [6, 6.07) is 7.97. The van der Waals surface area contributed by atoms with E-state index in [0.29, 0.717) is 37.8 Å². The predicted octanol–water partition coefficient (Wildman–Crippen LogP) is 1.94. The fourth-order valence-corrected chi connectivity index (χ4v) is 3.36. The number of nitrogens with one attached hydrogen (secondary N) is 1. The van der Waals surface area contributed by atoms with Crippen molar-refractivity contribution in [3.63, 3.8) is 0 Å². The van der Waals surface area contributed by atoms with Gasteiger partial charge in [-0.2, -0.15) is 0 Å². The highest BCUT2D eigenvalue weighted by atomic mass is 16.2. The molecule has 0 atom stereocenters. The van der Waals surface area contributed by atoms with Crippen LogP contribution in [0.25, 0.3) is 0 Å². The second kappa shape index (κ2) is 8.17. The SMILES string of the molecule is Cc1ccccc1CC(=O)NCC1CCN(C(=O)c2nccn2C)CC1. The molecule has 6 heteroatoms. The molecule has 2 heterocycles. The third-order valence-corrected chi connectivity index (χ3v) is 5.11. The van der Waals surface area contributed by atoms with Gasteiger partial charge < -0.3 is 14.8 Å². The zero-order chi connectivity index (χ0) is 18.5. The lowest BCUT2D eigenvalue weighted by Gasteiger charge is -2.31. The first-order valence-electron chi connectivity index (χ1n) is 9.12. The van der Waals surface area contributed by atoms with Crippen LogP contribution in [0.1, 0.15) is 34.6 Å². The molecule has 1 aliphatic rings. The third kappa shape index (κ3) is 4.31. The van der Waals surface area contributed by atoms with Crippen molar-refractivity contribution in [3.8, 4) is 0 Å². The van der Waals surface area contributed by atoms with E-state index in [1.807, 2.05) is 43.1 Å². The first kappa shape index (κ1) is 18.2. The molecule has 0 bridgehead atoms. The number of piperidine rings is 1. The lowest BCUT2D eigenvalue weighted by atomic mass is 9.96. The summed E-state index contributed by atoms with van der Waals surface area (Å²) < 4.78 is 1.75. The molecule has 2 aromatic rings. The maximum atomic E-state index is 12.5. The topological polar surface area (TPSA) is 67.2 Å². The van der Waals surface area contributed by atoms with Gasteiger partial charge in [-0.3, -0.25) is 9.59 Å². The molecule has 2 amide bonds. The summed E-state index contributed by atoms with van der Waals surface area (Å²) in [6.45, 7) is 4.13. The van der Waals surface area contributed by atoms with Crippen LogP contribution in [0, 0.1) is 12.8 Å². The molecule has 1 aromatic carbocycles. The Kier molecular flexibility index (Phi) is 5.71. The molecule has 1 saturated heterocycles. The number of amides is 2. The van der Waals surface area contributed by atoms with Crippen molar-refractivity contribution in [2.24, 2.45) is 13.0 Å². The maximum Gasteiger partial charge on any atom is 0.289 e. The van der Waals surface area contributed by atoms with Gasteiger partial charge in [0.1, 0.15) is 0 Å². The van der Waals surface area contributed by atoms with Gasteiger partial charge in [0, 0.05) is 39.1 Å². The van der Waals surface area contributed by atoms with E-state index in [0.717, 1.165) is 24.0 Å². The highest BCUT2D eigenvalue weighted by molar-refractivity contribution is 5.90. The van der Waals surface area contributed by atoms with Crippen LogP contribution in [-0.4, -0.2) is 45.9 Å². The Morgan fingerprint density at radius 1 is 1.23 bits per heavy atom. The number of imidazole rings is 1. The van der Waals surface area contributed by atoms with E-state index in [1.54, 1.807) is 17.0 Å². The highest BCUT2D eigenvalue weighted by Crippen LogP contribution is 2.18. The summed E-state index contributed by atoms with van der Waals surface area (Å²) in [7, 11) is 1.83. The lowest BCUT2D eigenvalue weighted by molar-refractivity contribution is -0.120. The number of carbonyl (C=O) groups excluding carboxylic acids is 2. The van der Waals surface area contributed by atoms with Crippen molar-refractivity contribution in [2.45, 2.75) is 26.2 Å². The Morgan fingerprint density at radius 2 is 1.96 bits per heavy atom. The normalized spacial score (nSPS) is 15.1. The quantitative estimate of drug-likeness (QED) is 0.892. The minimum Gasteiger partial charge on any atom is -0.356 e. The second-order valence-corrected chi connectivity index (χ2v) is 7.00. The van der Waals surface area contributed by atoms with Crippen molar-refractivity contribution in [2.75, 3.05) is 19.6 Å². The molecule has 0 saturated carbocycles. The Bertz CT molecular complexity index is 776. The van der Waals surface area contributed by atoms with Gasteiger partial charge in [-0.1, -0.05) is 24.3 Å².